The lowest BCUT2D eigenvalue weighted by molar-refractivity contribution is 0.763. The minimum atomic E-state index is 1.09. The summed E-state index contributed by atoms with van der Waals surface area (Å²) < 4.78 is 2.21. The Bertz CT molecular complexity index is 188. The molecule has 10 heavy (non-hydrogen) atoms. The second-order valence-corrected chi connectivity index (χ2v) is 2.60. The van der Waals surface area contributed by atoms with E-state index < -0.39 is 0 Å². The SMILES string of the molecule is CCCc1ccn(CC)c1. The van der Waals surface area contributed by atoms with E-state index in [9.17, 15) is 0 Å². The molecule has 0 amide bonds. The molecular formula is C9H15N. The Morgan fingerprint density at radius 3 is 2.70 bits per heavy atom. The Morgan fingerprint density at radius 1 is 1.40 bits per heavy atom. The number of hydrogen-bond acceptors (Lipinski definition) is 0. The number of nitrogens with zero attached hydrogens (tertiary/aromatic N) is 1. The average Bonchev–Trinajstić information content (AvgIpc) is 2.37. The topological polar surface area (TPSA) is 4.93 Å². The van der Waals surface area contributed by atoms with Gasteiger partial charge in [0.1, 0.15) is 0 Å². The van der Waals surface area contributed by atoms with Gasteiger partial charge in [-0.2, -0.15) is 0 Å². The van der Waals surface area contributed by atoms with Gasteiger partial charge in [-0.15, -0.1) is 0 Å². The summed E-state index contributed by atoms with van der Waals surface area (Å²) in [5, 5.41) is 0. The summed E-state index contributed by atoms with van der Waals surface area (Å²) in [7, 11) is 0. The number of rotatable bonds is 3. The van der Waals surface area contributed by atoms with E-state index in [4.69, 9.17) is 0 Å². The van der Waals surface area contributed by atoms with Gasteiger partial charge in [-0.3, -0.25) is 0 Å². The molecule has 0 aliphatic rings. The molecule has 0 fully saturated rings. The molecular weight excluding hydrogens is 122 g/mol. The highest BCUT2D eigenvalue weighted by atomic mass is 14.9. The molecule has 0 saturated carbocycles. The van der Waals surface area contributed by atoms with E-state index in [0.717, 1.165) is 6.54 Å². The van der Waals surface area contributed by atoms with Crippen molar-refractivity contribution in [3.63, 3.8) is 0 Å². The normalized spacial score (nSPS) is 10.2. The van der Waals surface area contributed by atoms with E-state index >= 15 is 0 Å². The number of aryl methyl sites for hydroxylation is 2. The number of aromatic nitrogens is 1. The van der Waals surface area contributed by atoms with E-state index in [2.05, 4.69) is 36.9 Å². The Kier molecular flexibility index (Phi) is 2.55. The van der Waals surface area contributed by atoms with Crippen LogP contribution in [0.15, 0.2) is 18.5 Å². The van der Waals surface area contributed by atoms with Crippen molar-refractivity contribution < 1.29 is 0 Å². The van der Waals surface area contributed by atoms with Crippen molar-refractivity contribution in [3.8, 4) is 0 Å². The van der Waals surface area contributed by atoms with E-state index in [1.54, 1.807) is 0 Å². The lowest BCUT2D eigenvalue weighted by Gasteiger charge is -1.93. The van der Waals surface area contributed by atoms with Crippen LogP contribution < -0.4 is 0 Å². The molecule has 0 saturated heterocycles. The van der Waals surface area contributed by atoms with Gasteiger partial charge in [0.05, 0.1) is 0 Å². The van der Waals surface area contributed by atoms with E-state index in [-0.39, 0.29) is 0 Å². The van der Waals surface area contributed by atoms with Crippen molar-refractivity contribution in [1.29, 1.82) is 0 Å². The van der Waals surface area contributed by atoms with Crippen LogP contribution in [0.1, 0.15) is 25.8 Å². The third kappa shape index (κ3) is 1.63. The van der Waals surface area contributed by atoms with Gasteiger partial charge in [-0.05, 0) is 25.0 Å². The highest BCUT2D eigenvalue weighted by Crippen LogP contribution is 2.03. The van der Waals surface area contributed by atoms with Crippen molar-refractivity contribution in [3.05, 3.63) is 24.0 Å². The Morgan fingerprint density at radius 2 is 2.20 bits per heavy atom. The summed E-state index contributed by atoms with van der Waals surface area (Å²) in [4.78, 5) is 0. The van der Waals surface area contributed by atoms with Crippen molar-refractivity contribution in [2.45, 2.75) is 33.2 Å². The molecule has 1 nitrogen and oxygen atoms in total. The molecule has 0 spiro atoms. The van der Waals surface area contributed by atoms with Crippen LogP contribution in [-0.2, 0) is 13.0 Å². The predicted molar refractivity (Wildman–Crippen MR) is 44.1 cm³/mol. The summed E-state index contributed by atoms with van der Waals surface area (Å²) in [6, 6.07) is 2.20. The predicted octanol–water partition coefficient (Wildman–Crippen LogP) is 2.46. The van der Waals surface area contributed by atoms with Gasteiger partial charge in [0.25, 0.3) is 0 Å². The minimum absolute atomic E-state index is 1.09. The minimum Gasteiger partial charge on any atom is -0.354 e. The van der Waals surface area contributed by atoms with E-state index in [1.165, 1.54) is 18.4 Å². The molecule has 0 N–H and O–H groups in total. The van der Waals surface area contributed by atoms with Crippen LogP contribution in [0.3, 0.4) is 0 Å². The highest BCUT2D eigenvalue weighted by molar-refractivity contribution is 5.09. The lowest BCUT2D eigenvalue weighted by Crippen LogP contribution is -1.87. The summed E-state index contributed by atoms with van der Waals surface area (Å²) >= 11 is 0. The van der Waals surface area contributed by atoms with Crippen LogP contribution in [0.25, 0.3) is 0 Å². The van der Waals surface area contributed by atoms with Crippen LogP contribution in [0.4, 0.5) is 0 Å². The van der Waals surface area contributed by atoms with Crippen molar-refractivity contribution in [1.82, 2.24) is 4.57 Å². The van der Waals surface area contributed by atoms with Gasteiger partial charge < -0.3 is 4.57 Å². The first kappa shape index (κ1) is 7.39. The molecule has 0 bridgehead atoms. The molecule has 1 heteroatoms. The molecule has 0 unspecified atom stereocenters. The zero-order valence-corrected chi connectivity index (χ0v) is 6.80. The van der Waals surface area contributed by atoms with Crippen molar-refractivity contribution in [2.24, 2.45) is 0 Å². The van der Waals surface area contributed by atoms with Crippen LogP contribution in [0.5, 0.6) is 0 Å². The average molecular weight is 137 g/mol. The monoisotopic (exact) mass is 137 g/mol. The molecule has 1 aromatic rings. The highest BCUT2D eigenvalue weighted by Gasteiger charge is 1.91. The second kappa shape index (κ2) is 3.45. The standard InChI is InChI=1S/C9H15N/c1-3-5-9-6-7-10(4-2)8-9/h6-8H,3-5H2,1-2H3. The Hall–Kier alpha value is -0.720. The van der Waals surface area contributed by atoms with Crippen molar-refractivity contribution >= 4 is 0 Å². The van der Waals surface area contributed by atoms with Crippen LogP contribution >= 0.6 is 0 Å². The van der Waals surface area contributed by atoms with Gasteiger partial charge in [-0.1, -0.05) is 13.3 Å². The number of hydrogen-bond donors (Lipinski definition) is 0. The smallest absolute Gasteiger partial charge is 0.0191 e. The fraction of sp³-hybridized carbons (Fsp3) is 0.556. The maximum atomic E-state index is 2.23. The van der Waals surface area contributed by atoms with Gasteiger partial charge in [0.2, 0.25) is 0 Å². The maximum Gasteiger partial charge on any atom is 0.0191 e. The third-order valence-corrected chi connectivity index (χ3v) is 1.72. The molecule has 0 radical (unpaired) electrons. The summed E-state index contributed by atoms with van der Waals surface area (Å²) in [5.74, 6) is 0. The molecule has 0 aliphatic heterocycles. The Labute approximate surface area is 62.7 Å². The molecule has 1 aromatic heterocycles. The van der Waals surface area contributed by atoms with E-state index in [0.29, 0.717) is 0 Å². The van der Waals surface area contributed by atoms with Gasteiger partial charge in [0.15, 0.2) is 0 Å². The quantitative estimate of drug-likeness (QED) is 0.603. The zero-order valence-electron chi connectivity index (χ0n) is 6.80. The molecule has 0 aromatic carbocycles. The first-order valence-corrected chi connectivity index (χ1v) is 4.01. The molecule has 0 aliphatic carbocycles. The van der Waals surface area contributed by atoms with Gasteiger partial charge in [0, 0.05) is 18.9 Å². The van der Waals surface area contributed by atoms with Crippen LogP contribution in [0, 0.1) is 0 Å². The third-order valence-electron chi connectivity index (χ3n) is 1.72. The zero-order chi connectivity index (χ0) is 7.40. The van der Waals surface area contributed by atoms with Gasteiger partial charge in [-0.25, -0.2) is 0 Å². The molecule has 1 heterocycles. The summed E-state index contributed by atoms with van der Waals surface area (Å²) in [6.07, 6.45) is 6.83. The molecule has 0 atom stereocenters. The van der Waals surface area contributed by atoms with Crippen molar-refractivity contribution in [2.75, 3.05) is 0 Å². The van der Waals surface area contributed by atoms with E-state index in [1.807, 2.05) is 0 Å². The van der Waals surface area contributed by atoms with Gasteiger partial charge >= 0.3 is 0 Å². The molecule has 56 valence electrons. The molecule has 1 rings (SSSR count). The maximum absolute atomic E-state index is 2.23. The summed E-state index contributed by atoms with van der Waals surface area (Å²) in [6.45, 7) is 5.46. The van der Waals surface area contributed by atoms with Crippen LogP contribution in [0.2, 0.25) is 0 Å². The first-order valence-electron chi connectivity index (χ1n) is 4.01. The summed E-state index contributed by atoms with van der Waals surface area (Å²) in [5.41, 5.74) is 1.46. The van der Waals surface area contributed by atoms with Crippen LogP contribution in [-0.4, -0.2) is 4.57 Å². The fourth-order valence-corrected chi connectivity index (χ4v) is 1.12. The fourth-order valence-electron chi connectivity index (χ4n) is 1.12. The Balaban J connectivity index is 2.59. The second-order valence-electron chi connectivity index (χ2n) is 2.60. The first-order chi connectivity index (χ1) is 4.86. The largest absolute Gasteiger partial charge is 0.354 e. The lowest BCUT2D eigenvalue weighted by atomic mass is 10.2.